The first-order valence-electron chi connectivity index (χ1n) is 12.4. The van der Waals surface area contributed by atoms with Gasteiger partial charge >= 0.3 is 5.51 Å². The van der Waals surface area contributed by atoms with Crippen molar-refractivity contribution in [3.05, 3.63) is 53.6 Å². The van der Waals surface area contributed by atoms with Gasteiger partial charge in [0, 0.05) is 80.1 Å². The fourth-order valence-corrected chi connectivity index (χ4v) is 5.52. The first-order chi connectivity index (χ1) is 17.3. The highest BCUT2D eigenvalue weighted by atomic mass is 35.5. The van der Waals surface area contributed by atoms with Crippen LogP contribution in [0.2, 0.25) is 5.02 Å². The summed E-state index contributed by atoms with van der Waals surface area (Å²) in [6.07, 6.45) is 2.22. The van der Waals surface area contributed by atoms with Gasteiger partial charge < -0.3 is 14.7 Å². The Hall–Kier alpha value is -2.10. The maximum Gasteiger partial charge on any atom is 0.446 e. The summed E-state index contributed by atoms with van der Waals surface area (Å²) in [5, 5.41) is 0.753. The molecule has 0 bridgehead atoms. The van der Waals surface area contributed by atoms with Gasteiger partial charge in [-0.25, -0.2) is 0 Å². The molecule has 0 N–H and O–H groups in total. The Balaban J connectivity index is 1.17. The predicted molar refractivity (Wildman–Crippen MR) is 141 cm³/mol. The number of carbonyl (C=O) groups is 1. The average Bonchev–Trinajstić information content (AvgIpc) is 3.10. The number of nitrogens with zero attached hydrogens (tertiary/aromatic N) is 4. The number of halogens is 4. The molecule has 0 spiro atoms. The second-order valence-corrected chi connectivity index (χ2v) is 10.8. The molecule has 4 rings (SSSR count). The smallest absolute Gasteiger partial charge is 0.370 e. The standard InChI is InChI=1S/C26H32ClF3N4OS/c27-21-4-1-5-23(20-21)33-16-14-31(15-17-33)11-2-6-25(35)34-13-3-12-32(18-19-34)22-7-9-24(10-8-22)36-26(28,29)30/h1,4-5,7-10,20H,2-3,6,11-19H2. The van der Waals surface area contributed by atoms with Crippen LogP contribution < -0.4 is 9.80 Å². The minimum absolute atomic E-state index is 0.100. The number of rotatable bonds is 7. The van der Waals surface area contributed by atoms with E-state index in [0.717, 1.165) is 75.1 Å². The first kappa shape index (κ1) is 26.9. The first-order valence-corrected chi connectivity index (χ1v) is 13.6. The minimum Gasteiger partial charge on any atom is -0.370 e. The molecular formula is C26H32ClF3N4OS. The van der Waals surface area contributed by atoms with E-state index in [-0.39, 0.29) is 22.6 Å². The lowest BCUT2D eigenvalue weighted by atomic mass is 10.2. The molecule has 2 aromatic rings. The fraction of sp³-hybridized carbons (Fsp3) is 0.500. The molecule has 5 nitrogen and oxygen atoms in total. The molecule has 10 heteroatoms. The van der Waals surface area contributed by atoms with Crippen molar-refractivity contribution < 1.29 is 18.0 Å². The van der Waals surface area contributed by atoms with Crippen molar-refractivity contribution in [2.24, 2.45) is 0 Å². The second kappa shape index (κ2) is 12.4. The zero-order chi connectivity index (χ0) is 25.5. The van der Waals surface area contributed by atoms with Gasteiger partial charge in [0.25, 0.3) is 0 Å². The van der Waals surface area contributed by atoms with E-state index in [9.17, 15) is 18.0 Å². The zero-order valence-corrected chi connectivity index (χ0v) is 21.8. The maximum absolute atomic E-state index is 12.8. The molecule has 196 valence electrons. The predicted octanol–water partition coefficient (Wildman–Crippen LogP) is 5.59. The molecule has 2 saturated heterocycles. The van der Waals surface area contributed by atoms with Crippen molar-refractivity contribution >= 4 is 40.6 Å². The molecule has 0 aliphatic carbocycles. The van der Waals surface area contributed by atoms with Crippen LogP contribution in [0.15, 0.2) is 53.4 Å². The third kappa shape index (κ3) is 7.95. The summed E-state index contributed by atoms with van der Waals surface area (Å²) in [7, 11) is 0. The normalized spacial score (nSPS) is 17.8. The molecule has 0 radical (unpaired) electrons. The van der Waals surface area contributed by atoms with E-state index in [4.69, 9.17) is 11.6 Å². The second-order valence-electron chi connectivity index (χ2n) is 9.18. The van der Waals surface area contributed by atoms with Crippen LogP contribution in [0, 0.1) is 0 Å². The molecule has 0 aromatic heterocycles. The number of thioether (sulfide) groups is 1. The highest BCUT2D eigenvalue weighted by Gasteiger charge is 2.29. The number of alkyl halides is 3. The van der Waals surface area contributed by atoms with Crippen molar-refractivity contribution in [3.8, 4) is 0 Å². The largest absolute Gasteiger partial charge is 0.446 e. The molecule has 0 unspecified atom stereocenters. The molecule has 36 heavy (non-hydrogen) atoms. The van der Waals surface area contributed by atoms with Crippen LogP contribution in [0.4, 0.5) is 24.5 Å². The van der Waals surface area contributed by atoms with Crippen molar-refractivity contribution in [1.29, 1.82) is 0 Å². The van der Waals surface area contributed by atoms with Crippen LogP contribution in [-0.4, -0.2) is 80.1 Å². The molecule has 1 amide bonds. The monoisotopic (exact) mass is 540 g/mol. The van der Waals surface area contributed by atoms with Crippen molar-refractivity contribution in [2.75, 3.05) is 68.7 Å². The van der Waals surface area contributed by atoms with E-state index in [1.165, 1.54) is 12.1 Å². The van der Waals surface area contributed by atoms with Crippen LogP contribution in [0.5, 0.6) is 0 Å². The number of amides is 1. The van der Waals surface area contributed by atoms with E-state index in [0.29, 0.717) is 19.5 Å². The SMILES string of the molecule is O=C(CCCN1CCN(c2cccc(Cl)c2)CC1)N1CCCN(c2ccc(SC(F)(F)F)cc2)CC1. The Kier molecular flexibility index (Phi) is 9.30. The highest BCUT2D eigenvalue weighted by molar-refractivity contribution is 8.00. The Morgan fingerprint density at radius 3 is 2.25 bits per heavy atom. The van der Waals surface area contributed by atoms with E-state index in [2.05, 4.69) is 20.8 Å². The Morgan fingerprint density at radius 1 is 0.861 bits per heavy atom. The number of hydrogen-bond donors (Lipinski definition) is 0. The summed E-state index contributed by atoms with van der Waals surface area (Å²) in [6.45, 7) is 7.58. The summed E-state index contributed by atoms with van der Waals surface area (Å²) in [5.41, 5.74) is -2.23. The lowest BCUT2D eigenvalue weighted by Crippen LogP contribution is -2.46. The molecule has 2 aliphatic heterocycles. The van der Waals surface area contributed by atoms with Crippen LogP contribution >= 0.6 is 23.4 Å². The van der Waals surface area contributed by atoms with Crippen molar-refractivity contribution in [1.82, 2.24) is 9.80 Å². The third-order valence-corrected chi connectivity index (χ3v) is 7.67. The Bertz CT molecular complexity index is 999. The van der Waals surface area contributed by atoms with Gasteiger partial charge in [-0.1, -0.05) is 17.7 Å². The van der Waals surface area contributed by atoms with Gasteiger partial charge in [-0.3, -0.25) is 9.69 Å². The minimum atomic E-state index is -4.28. The Labute approximate surface area is 220 Å². The van der Waals surface area contributed by atoms with Gasteiger partial charge in [-0.05, 0) is 73.6 Å². The van der Waals surface area contributed by atoms with E-state index in [1.54, 1.807) is 12.1 Å². The molecule has 0 atom stereocenters. The van der Waals surface area contributed by atoms with Gasteiger partial charge in [-0.15, -0.1) is 0 Å². The number of anilines is 2. The summed E-state index contributed by atoms with van der Waals surface area (Å²) >= 11 is 6.02. The van der Waals surface area contributed by atoms with Gasteiger partial charge in [0.15, 0.2) is 0 Å². The number of benzene rings is 2. The number of hydrogen-bond acceptors (Lipinski definition) is 5. The number of piperazine rings is 1. The molecule has 2 heterocycles. The summed E-state index contributed by atoms with van der Waals surface area (Å²) in [6, 6.07) is 14.4. The lowest BCUT2D eigenvalue weighted by molar-refractivity contribution is -0.131. The highest BCUT2D eigenvalue weighted by Crippen LogP contribution is 2.37. The molecule has 0 saturated carbocycles. The molecular weight excluding hydrogens is 509 g/mol. The number of carbonyl (C=O) groups excluding carboxylic acids is 1. The quantitative estimate of drug-likeness (QED) is 0.427. The van der Waals surface area contributed by atoms with Gasteiger partial charge in [-0.2, -0.15) is 13.2 Å². The van der Waals surface area contributed by atoms with Gasteiger partial charge in [0.2, 0.25) is 5.91 Å². The van der Waals surface area contributed by atoms with Crippen molar-refractivity contribution in [2.45, 2.75) is 29.7 Å². The summed E-state index contributed by atoms with van der Waals surface area (Å²) in [4.78, 5) is 21.9. The lowest BCUT2D eigenvalue weighted by Gasteiger charge is -2.36. The average molecular weight is 541 g/mol. The summed E-state index contributed by atoms with van der Waals surface area (Å²) < 4.78 is 37.7. The van der Waals surface area contributed by atoms with E-state index in [1.807, 2.05) is 23.1 Å². The Morgan fingerprint density at radius 2 is 1.56 bits per heavy atom. The van der Waals surface area contributed by atoms with Crippen molar-refractivity contribution in [3.63, 3.8) is 0 Å². The maximum atomic E-state index is 12.8. The zero-order valence-electron chi connectivity index (χ0n) is 20.2. The van der Waals surface area contributed by atoms with Crippen LogP contribution in [-0.2, 0) is 4.79 Å². The molecule has 2 aromatic carbocycles. The van der Waals surface area contributed by atoms with E-state index < -0.39 is 5.51 Å². The van der Waals surface area contributed by atoms with Gasteiger partial charge in [0.05, 0.1) is 0 Å². The molecule has 2 fully saturated rings. The molecule has 2 aliphatic rings. The van der Waals surface area contributed by atoms with Crippen LogP contribution in [0.1, 0.15) is 19.3 Å². The van der Waals surface area contributed by atoms with Crippen LogP contribution in [0.3, 0.4) is 0 Å². The topological polar surface area (TPSA) is 30.0 Å². The van der Waals surface area contributed by atoms with E-state index >= 15 is 0 Å². The van der Waals surface area contributed by atoms with Crippen LogP contribution in [0.25, 0.3) is 0 Å². The van der Waals surface area contributed by atoms with Gasteiger partial charge in [0.1, 0.15) is 0 Å². The third-order valence-electron chi connectivity index (χ3n) is 6.69. The fourth-order valence-electron chi connectivity index (χ4n) is 4.80. The summed E-state index contributed by atoms with van der Waals surface area (Å²) in [5.74, 6) is 0.186.